The minimum absolute atomic E-state index is 0. The fourth-order valence-electron chi connectivity index (χ4n) is 2.22. The molecule has 0 saturated carbocycles. The summed E-state index contributed by atoms with van der Waals surface area (Å²) in [5.74, 6) is 0.560. The first kappa shape index (κ1) is 18.2. The molecule has 1 saturated heterocycles. The van der Waals surface area contributed by atoms with Gasteiger partial charge in [-0.15, -0.1) is 12.4 Å². The molecule has 0 amide bonds. The zero-order valence-electron chi connectivity index (χ0n) is 12.5. The van der Waals surface area contributed by atoms with Gasteiger partial charge >= 0.3 is 6.18 Å². The number of hydrogen-bond acceptors (Lipinski definition) is 6. The summed E-state index contributed by atoms with van der Waals surface area (Å²) in [7, 11) is 0. The third-order valence-corrected chi connectivity index (χ3v) is 3.33. The minimum Gasteiger partial charge on any atom is -0.338 e. The monoisotopic (exact) mass is 360 g/mol. The molecule has 0 atom stereocenters. The molecule has 10 heteroatoms. The Labute approximate surface area is 142 Å². The van der Waals surface area contributed by atoms with Gasteiger partial charge in [0.2, 0.25) is 5.95 Å². The Balaban J connectivity index is 0.00000208. The lowest BCUT2D eigenvalue weighted by Gasteiger charge is -2.28. The number of anilines is 3. The van der Waals surface area contributed by atoms with Crippen molar-refractivity contribution in [2.24, 2.45) is 0 Å². The molecule has 3 rings (SSSR count). The summed E-state index contributed by atoms with van der Waals surface area (Å²) in [6, 6.07) is 6.00. The summed E-state index contributed by atoms with van der Waals surface area (Å²) in [5.41, 5.74) is -0.973. The minimum atomic E-state index is -4.54. The topological polar surface area (TPSA) is 66.0 Å². The molecule has 3 heterocycles. The molecule has 0 aliphatic carbocycles. The van der Waals surface area contributed by atoms with Crippen LogP contribution in [0.2, 0.25) is 0 Å². The second kappa shape index (κ2) is 7.63. The van der Waals surface area contributed by atoms with Crippen molar-refractivity contribution in [3.63, 3.8) is 0 Å². The van der Waals surface area contributed by atoms with Gasteiger partial charge in [0.05, 0.1) is 0 Å². The van der Waals surface area contributed by atoms with Gasteiger partial charge in [0.15, 0.2) is 5.69 Å². The van der Waals surface area contributed by atoms with Crippen LogP contribution in [-0.2, 0) is 6.18 Å². The summed E-state index contributed by atoms with van der Waals surface area (Å²) in [4.78, 5) is 13.6. The van der Waals surface area contributed by atoms with E-state index in [9.17, 15) is 13.2 Å². The number of nitrogens with zero attached hydrogens (tertiary/aromatic N) is 4. The number of rotatable bonds is 3. The Morgan fingerprint density at radius 2 is 1.83 bits per heavy atom. The first-order valence-electron chi connectivity index (χ1n) is 7.12. The van der Waals surface area contributed by atoms with Gasteiger partial charge in [-0.3, -0.25) is 0 Å². The molecule has 1 aliphatic heterocycles. The standard InChI is InChI=1S/C14H15F3N6.ClH/c15-14(16,17)10-9-12(21-11-3-1-2-4-19-11)22-13(20-10)23-7-5-18-6-8-23;/h1-4,9,18H,5-8H2,(H,19,20,21,22);1H. The maximum Gasteiger partial charge on any atom is 0.433 e. The van der Waals surface area contributed by atoms with Crippen LogP contribution in [0.5, 0.6) is 0 Å². The molecule has 0 spiro atoms. The molecule has 2 N–H and O–H groups in total. The first-order valence-corrected chi connectivity index (χ1v) is 7.12. The number of alkyl halides is 3. The van der Waals surface area contributed by atoms with Gasteiger partial charge in [0.1, 0.15) is 11.6 Å². The van der Waals surface area contributed by atoms with Crippen molar-refractivity contribution in [1.29, 1.82) is 0 Å². The van der Waals surface area contributed by atoms with E-state index >= 15 is 0 Å². The van der Waals surface area contributed by atoms with Gasteiger partial charge in [-0.1, -0.05) is 6.07 Å². The predicted octanol–water partition coefficient (Wildman–Crippen LogP) is 2.47. The SMILES string of the molecule is Cl.FC(F)(F)c1cc(Nc2ccccn2)nc(N2CCNCC2)n1. The highest BCUT2D eigenvalue weighted by Gasteiger charge is 2.34. The summed E-state index contributed by atoms with van der Waals surface area (Å²) >= 11 is 0. The summed E-state index contributed by atoms with van der Waals surface area (Å²) < 4.78 is 39.3. The van der Waals surface area contributed by atoms with Crippen molar-refractivity contribution in [2.45, 2.75) is 6.18 Å². The molecule has 6 nitrogen and oxygen atoms in total. The van der Waals surface area contributed by atoms with Crippen molar-refractivity contribution in [3.8, 4) is 0 Å². The van der Waals surface area contributed by atoms with E-state index in [1.807, 2.05) is 0 Å². The fraction of sp³-hybridized carbons (Fsp3) is 0.357. The molecular formula is C14H16ClF3N6. The van der Waals surface area contributed by atoms with Gasteiger partial charge in [-0.2, -0.15) is 18.2 Å². The van der Waals surface area contributed by atoms with Crippen molar-refractivity contribution in [1.82, 2.24) is 20.3 Å². The van der Waals surface area contributed by atoms with Crippen LogP contribution in [-0.4, -0.2) is 41.1 Å². The Morgan fingerprint density at radius 1 is 1.08 bits per heavy atom. The van der Waals surface area contributed by atoms with Crippen LogP contribution in [0.3, 0.4) is 0 Å². The van der Waals surface area contributed by atoms with E-state index in [0.717, 1.165) is 6.07 Å². The lowest BCUT2D eigenvalue weighted by molar-refractivity contribution is -0.141. The lowest BCUT2D eigenvalue weighted by Crippen LogP contribution is -2.44. The van der Waals surface area contributed by atoms with Crippen LogP contribution in [0.15, 0.2) is 30.5 Å². The first-order chi connectivity index (χ1) is 11.0. The van der Waals surface area contributed by atoms with E-state index in [2.05, 4.69) is 25.6 Å². The molecule has 1 fully saturated rings. The largest absolute Gasteiger partial charge is 0.433 e. The molecule has 0 aromatic carbocycles. The van der Waals surface area contributed by atoms with E-state index in [4.69, 9.17) is 0 Å². The highest BCUT2D eigenvalue weighted by atomic mass is 35.5. The molecule has 2 aromatic rings. The number of piperazine rings is 1. The molecule has 130 valence electrons. The number of halogens is 4. The lowest BCUT2D eigenvalue weighted by atomic mass is 10.3. The predicted molar refractivity (Wildman–Crippen MR) is 86.9 cm³/mol. The number of nitrogens with one attached hydrogen (secondary N) is 2. The van der Waals surface area contributed by atoms with Crippen molar-refractivity contribution >= 4 is 30.0 Å². The van der Waals surface area contributed by atoms with E-state index in [1.165, 1.54) is 0 Å². The van der Waals surface area contributed by atoms with Gasteiger partial charge in [-0.25, -0.2) is 9.97 Å². The fourth-order valence-corrected chi connectivity index (χ4v) is 2.22. The van der Waals surface area contributed by atoms with Crippen LogP contribution >= 0.6 is 12.4 Å². The van der Waals surface area contributed by atoms with Crippen LogP contribution < -0.4 is 15.5 Å². The molecule has 0 radical (unpaired) electrons. The second-order valence-electron chi connectivity index (χ2n) is 5.01. The van der Waals surface area contributed by atoms with Gasteiger partial charge < -0.3 is 15.5 Å². The number of hydrogen-bond donors (Lipinski definition) is 2. The van der Waals surface area contributed by atoms with Gasteiger partial charge in [0, 0.05) is 38.4 Å². The summed E-state index contributed by atoms with van der Waals surface area (Å²) in [5, 5.41) is 5.93. The Bertz CT molecular complexity index is 661. The van der Waals surface area contributed by atoms with Crippen LogP contribution in [0, 0.1) is 0 Å². The van der Waals surface area contributed by atoms with Crippen LogP contribution in [0.1, 0.15) is 5.69 Å². The number of pyridine rings is 1. The normalized spacial score (nSPS) is 14.9. The van der Waals surface area contributed by atoms with E-state index in [0.29, 0.717) is 32.0 Å². The second-order valence-corrected chi connectivity index (χ2v) is 5.01. The van der Waals surface area contributed by atoms with E-state index in [-0.39, 0.29) is 24.2 Å². The number of aromatic nitrogens is 3. The third-order valence-electron chi connectivity index (χ3n) is 3.33. The maximum atomic E-state index is 13.1. The molecular weight excluding hydrogens is 345 g/mol. The summed E-state index contributed by atoms with van der Waals surface area (Å²) in [6.45, 7) is 2.49. The van der Waals surface area contributed by atoms with Crippen molar-refractivity contribution < 1.29 is 13.2 Å². The van der Waals surface area contributed by atoms with Crippen molar-refractivity contribution in [3.05, 3.63) is 36.2 Å². The molecule has 0 bridgehead atoms. The molecule has 24 heavy (non-hydrogen) atoms. The van der Waals surface area contributed by atoms with Crippen LogP contribution in [0.25, 0.3) is 0 Å². The molecule has 0 unspecified atom stereocenters. The third kappa shape index (κ3) is 4.45. The van der Waals surface area contributed by atoms with E-state index < -0.39 is 11.9 Å². The quantitative estimate of drug-likeness (QED) is 0.876. The molecule has 1 aliphatic rings. The van der Waals surface area contributed by atoms with Crippen LogP contribution in [0.4, 0.5) is 30.8 Å². The Kier molecular flexibility index (Phi) is 5.79. The summed E-state index contributed by atoms with van der Waals surface area (Å²) in [6.07, 6.45) is -2.99. The Hall–Kier alpha value is -2.13. The maximum absolute atomic E-state index is 13.1. The smallest absolute Gasteiger partial charge is 0.338 e. The average molecular weight is 361 g/mol. The zero-order chi connectivity index (χ0) is 16.3. The average Bonchev–Trinajstić information content (AvgIpc) is 2.55. The highest BCUT2D eigenvalue weighted by molar-refractivity contribution is 5.85. The molecule has 2 aromatic heterocycles. The highest BCUT2D eigenvalue weighted by Crippen LogP contribution is 2.31. The van der Waals surface area contributed by atoms with Gasteiger partial charge in [0.25, 0.3) is 0 Å². The zero-order valence-corrected chi connectivity index (χ0v) is 13.4. The Morgan fingerprint density at radius 3 is 2.46 bits per heavy atom. The van der Waals surface area contributed by atoms with E-state index in [1.54, 1.807) is 29.3 Å². The van der Waals surface area contributed by atoms with Gasteiger partial charge in [-0.05, 0) is 12.1 Å². The van der Waals surface area contributed by atoms with Crippen molar-refractivity contribution in [2.75, 3.05) is 36.4 Å².